The molecule has 190 valence electrons. The number of aliphatic hydroxyl groups is 1. The van der Waals surface area contributed by atoms with Crippen molar-refractivity contribution >= 4 is 25.4 Å². The van der Waals surface area contributed by atoms with Gasteiger partial charge in [-0.2, -0.15) is 0 Å². The van der Waals surface area contributed by atoms with E-state index in [1.54, 1.807) is 19.9 Å². The van der Waals surface area contributed by atoms with Gasteiger partial charge in [0.15, 0.2) is 23.8 Å². The van der Waals surface area contributed by atoms with Gasteiger partial charge in [-0.15, -0.1) is 0 Å². The highest BCUT2D eigenvalue weighted by Crippen LogP contribution is 2.76. The molecule has 0 amide bonds. The van der Waals surface area contributed by atoms with Crippen molar-refractivity contribution in [2.24, 2.45) is 22.7 Å². The standard InChI is InChI=1S/C26H34BFO7/c1-13(29)33-12-20(32)26-21(34-22(2,3)35-26)10-15-16-9-18(28)17-8-14(30)6-7-23(17,4)25(16,27)19(31)11-24(15,26)5/h6-8,15-16,18-19,21,31H,9-12,27H2,1-5H3/t15?,16?,18-,19-,21+,23-,24-,25-,26+/m0/s1. The molecule has 5 aliphatic rings. The zero-order valence-electron chi connectivity index (χ0n) is 21.2. The first-order valence-corrected chi connectivity index (χ1v) is 12.4. The van der Waals surface area contributed by atoms with Crippen molar-refractivity contribution in [3.63, 3.8) is 0 Å². The number of hydrogen-bond donors (Lipinski definition) is 1. The van der Waals surface area contributed by atoms with Crippen LogP contribution in [0.2, 0.25) is 5.31 Å². The molecule has 1 aliphatic heterocycles. The largest absolute Gasteiger partial charge is 0.458 e. The monoisotopic (exact) mass is 488 g/mol. The van der Waals surface area contributed by atoms with Crippen LogP contribution in [0.1, 0.15) is 53.9 Å². The molecule has 0 radical (unpaired) electrons. The number of ether oxygens (including phenoxy) is 3. The van der Waals surface area contributed by atoms with Gasteiger partial charge in [-0.1, -0.05) is 19.9 Å². The summed E-state index contributed by atoms with van der Waals surface area (Å²) in [5.74, 6) is -2.75. The van der Waals surface area contributed by atoms with Gasteiger partial charge in [-0.05, 0) is 68.0 Å². The number of halogens is 1. The third kappa shape index (κ3) is 2.98. The Morgan fingerprint density at radius 2 is 1.91 bits per heavy atom. The molecular weight excluding hydrogens is 454 g/mol. The first-order valence-electron chi connectivity index (χ1n) is 12.4. The van der Waals surface area contributed by atoms with Crippen LogP contribution in [0, 0.1) is 22.7 Å². The number of alkyl halides is 1. The van der Waals surface area contributed by atoms with E-state index in [2.05, 4.69) is 0 Å². The molecule has 0 aromatic carbocycles. The zero-order valence-corrected chi connectivity index (χ0v) is 21.2. The van der Waals surface area contributed by atoms with Crippen molar-refractivity contribution in [3.05, 3.63) is 23.8 Å². The van der Waals surface area contributed by atoms with E-state index >= 15 is 4.39 Å². The lowest BCUT2D eigenvalue weighted by molar-refractivity contribution is -0.224. The van der Waals surface area contributed by atoms with E-state index in [0.29, 0.717) is 12.0 Å². The average Bonchev–Trinajstić information content (AvgIpc) is 3.16. The fourth-order valence-corrected chi connectivity index (χ4v) is 8.48. The predicted molar refractivity (Wildman–Crippen MR) is 126 cm³/mol. The number of Topliss-reactive ketones (excluding diaryl/α,β-unsaturated/α-hetero) is 1. The summed E-state index contributed by atoms with van der Waals surface area (Å²) in [5, 5.41) is 11.1. The summed E-state index contributed by atoms with van der Waals surface area (Å²) < 4.78 is 33.5. The van der Waals surface area contributed by atoms with Crippen LogP contribution in [0.4, 0.5) is 4.39 Å². The number of carbonyl (C=O) groups is 3. The Bertz CT molecular complexity index is 1070. The molecule has 3 saturated carbocycles. The van der Waals surface area contributed by atoms with E-state index < -0.39 is 64.3 Å². The fourth-order valence-electron chi connectivity index (χ4n) is 8.48. The summed E-state index contributed by atoms with van der Waals surface area (Å²) in [4.78, 5) is 37.3. The van der Waals surface area contributed by atoms with Crippen LogP contribution in [0.5, 0.6) is 0 Å². The smallest absolute Gasteiger partial charge is 0.303 e. The molecule has 0 aromatic heterocycles. The van der Waals surface area contributed by atoms with Crippen molar-refractivity contribution in [2.75, 3.05) is 6.61 Å². The molecule has 1 saturated heterocycles. The molecule has 4 fully saturated rings. The Balaban J connectivity index is 1.62. The van der Waals surface area contributed by atoms with Crippen LogP contribution in [0.25, 0.3) is 0 Å². The minimum absolute atomic E-state index is 0.140. The zero-order chi connectivity index (χ0) is 25.8. The lowest BCUT2D eigenvalue weighted by Crippen LogP contribution is -2.66. The molecule has 0 aromatic rings. The van der Waals surface area contributed by atoms with Crippen molar-refractivity contribution in [3.8, 4) is 0 Å². The maximum atomic E-state index is 15.7. The maximum absolute atomic E-state index is 15.7. The number of ketones is 2. The normalized spacial score (nSPS) is 49.4. The van der Waals surface area contributed by atoms with Crippen molar-refractivity contribution in [1.82, 2.24) is 0 Å². The van der Waals surface area contributed by atoms with Crippen LogP contribution in [-0.2, 0) is 28.6 Å². The number of aliphatic hydroxyl groups excluding tert-OH is 1. The van der Waals surface area contributed by atoms with Gasteiger partial charge in [0.05, 0.1) is 12.2 Å². The third-order valence-electron chi connectivity index (χ3n) is 10.2. The lowest BCUT2D eigenvalue weighted by Gasteiger charge is -2.66. The van der Waals surface area contributed by atoms with E-state index in [4.69, 9.17) is 14.2 Å². The number of esters is 1. The van der Waals surface area contributed by atoms with Gasteiger partial charge in [0.25, 0.3) is 0 Å². The van der Waals surface area contributed by atoms with Gasteiger partial charge in [0, 0.05) is 17.8 Å². The van der Waals surface area contributed by atoms with E-state index in [1.165, 1.54) is 19.1 Å². The van der Waals surface area contributed by atoms with E-state index in [1.807, 2.05) is 21.7 Å². The highest BCUT2D eigenvalue weighted by Gasteiger charge is 2.79. The highest BCUT2D eigenvalue weighted by atomic mass is 19.1. The van der Waals surface area contributed by atoms with Gasteiger partial charge < -0.3 is 19.3 Å². The van der Waals surface area contributed by atoms with Crippen molar-refractivity contribution in [1.29, 1.82) is 0 Å². The summed E-state index contributed by atoms with van der Waals surface area (Å²) >= 11 is 0. The minimum Gasteiger partial charge on any atom is -0.458 e. The van der Waals surface area contributed by atoms with Crippen LogP contribution in [0.15, 0.2) is 23.8 Å². The lowest BCUT2D eigenvalue weighted by atomic mass is 9.33. The summed E-state index contributed by atoms with van der Waals surface area (Å²) in [7, 11) is 1.98. The Morgan fingerprint density at radius 3 is 2.57 bits per heavy atom. The molecule has 4 aliphatic carbocycles. The van der Waals surface area contributed by atoms with Crippen molar-refractivity contribution in [2.45, 2.75) is 89.0 Å². The van der Waals surface area contributed by atoms with Crippen LogP contribution < -0.4 is 0 Å². The molecule has 1 heterocycles. The molecule has 5 rings (SSSR count). The van der Waals surface area contributed by atoms with Crippen molar-refractivity contribution < 1.29 is 38.1 Å². The Kier molecular flexibility index (Phi) is 5.22. The van der Waals surface area contributed by atoms with E-state index in [-0.39, 0.29) is 30.5 Å². The Labute approximate surface area is 205 Å². The molecular formula is C26H34BFO7. The maximum Gasteiger partial charge on any atom is 0.303 e. The molecule has 9 heteroatoms. The molecule has 7 nitrogen and oxygen atoms in total. The quantitative estimate of drug-likeness (QED) is 0.480. The second-order valence-electron chi connectivity index (χ2n) is 12.2. The van der Waals surface area contributed by atoms with Gasteiger partial charge in [-0.25, -0.2) is 4.39 Å². The summed E-state index contributed by atoms with van der Waals surface area (Å²) in [6, 6.07) is 0. The highest BCUT2D eigenvalue weighted by molar-refractivity contribution is 6.18. The van der Waals surface area contributed by atoms with Gasteiger partial charge in [0.2, 0.25) is 5.78 Å². The number of fused-ring (bicyclic) bond motifs is 7. The van der Waals surface area contributed by atoms with Crippen LogP contribution >= 0.6 is 0 Å². The predicted octanol–water partition coefficient (Wildman–Crippen LogP) is 2.02. The number of rotatable bonds is 3. The van der Waals surface area contributed by atoms with Gasteiger partial charge in [-0.3, -0.25) is 14.4 Å². The van der Waals surface area contributed by atoms with E-state index in [9.17, 15) is 19.5 Å². The number of hydrogen-bond acceptors (Lipinski definition) is 7. The first-order chi connectivity index (χ1) is 16.1. The Hall–Kier alpha value is -1.84. The Morgan fingerprint density at radius 1 is 1.23 bits per heavy atom. The minimum atomic E-state index is -1.43. The summed E-state index contributed by atoms with van der Waals surface area (Å²) in [5.41, 5.74) is -2.74. The number of allylic oxidation sites excluding steroid dienone is 4. The van der Waals surface area contributed by atoms with E-state index in [0.717, 1.165) is 0 Å². The summed E-state index contributed by atoms with van der Waals surface area (Å²) in [6.07, 6.45) is 2.57. The average molecular weight is 488 g/mol. The van der Waals surface area contributed by atoms with Gasteiger partial charge in [0.1, 0.15) is 14.0 Å². The molecule has 2 unspecified atom stereocenters. The summed E-state index contributed by atoms with van der Waals surface area (Å²) in [6.45, 7) is 8.11. The molecule has 0 bridgehead atoms. The third-order valence-corrected chi connectivity index (χ3v) is 10.2. The number of carbonyl (C=O) groups excluding carboxylic acids is 3. The van der Waals surface area contributed by atoms with Gasteiger partial charge >= 0.3 is 5.97 Å². The first kappa shape index (κ1) is 24.8. The fraction of sp³-hybridized carbons (Fsp3) is 0.731. The SMILES string of the molecule is B[C@]12C(C[C@H](F)C3=CC(=O)C=C[C@@]31C)C1C[C@H]3OC(C)(C)O[C@@]3(C(=O)COC(C)=O)[C@@]1(C)C[C@@H]2O. The molecule has 9 atom stereocenters. The molecule has 0 spiro atoms. The second-order valence-corrected chi connectivity index (χ2v) is 12.2. The molecule has 35 heavy (non-hydrogen) atoms. The van der Waals surface area contributed by atoms with Crippen LogP contribution in [0.3, 0.4) is 0 Å². The topological polar surface area (TPSA) is 99.1 Å². The molecule has 1 N–H and O–H groups in total. The second kappa shape index (κ2) is 7.36. The van der Waals surface area contributed by atoms with Crippen LogP contribution in [-0.4, -0.2) is 66.9 Å².